The minimum Gasteiger partial charge on any atom is -0.337 e. The predicted octanol–water partition coefficient (Wildman–Crippen LogP) is -0.401. The van der Waals surface area contributed by atoms with Crippen molar-refractivity contribution >= 4 is 6.03 Å². The smallest absolute Gasteiger partial charge is 0.316 e. The Morgan fingerprint density at radius 1 is 1.33 bits per heavy atom. The second kappa shape index (κ2) is 6.63. The number of carbonyl (C=O) groups is 1. The molecule has 0 aromatic rings. The van der Waals surface area contributed by atoms with Crippen molar-refractivity contribution in [3.05, 3.63) is 0 Å². The molecule has 0 bridgehead atoms. The second-order valence-electron chi connectivity index (χ2n) is 4.10. The second-order valence-corrected chi connectivity index (χ2v) is 4.10. The number of nitrogens with zero attached hydrogens (tertiary/aromatic N) is 1. The Labute approximate surface area is 91.6 Å². The minimum atomic E-state index is -0.0258. The highest BCUT2D eigenvalue weighted by atomic mass is 16.2. The zero-order valence-corrected chi connectivity index (χ0v) is 9.68. The van der Waals surface area contributed by atoms with Crippen LogP contribution in [0.2, 0.25) is 0 Å². The van der Waals surface area contributed by atoms with Crippen molar-refractivity contribution in [1.29, 1.82) is 0 Å². The Kier molecular flexibility index (Phi) is 5.42. The zero-order chi connectivity index (χ0) is 11.1. The third-order valence-corrected chi connectivity index (χ3v) is 2.58. The molecule has 0 spiro atoms. The molecule has 0 aromatic carbocycles. The third kappa shape index (κ3) is 4.99. The van der Waals surface area contributed by atoms with E-state index in [-0.39, 0.29) is 6.03 Å². The van der Waals surface area contributed by atoms with Crippen molar-refractivity contribution in [3.63, 3.8) is 0 Å². The summed E-state index contributed by atoms with van der Waals surface area (Å²) in [5.74, 6) is 0. The topological polar surface area (TPSA) is 56.4 Å². The molecule has 0 saturated carbocycles. The van der Waals surface area contributed by atoms with E-state index in [0.29, 0.717) is 12.6 Å². The van der Waals surface area contributed by atoms with Crippen LogP contribution in [-0.2, 0) is 0 Å². The highest BCUT2D eigenvalue weighted by molar-refractivity contribution is 5.73. The molecule has 5 nitrogen and oxygen atoms in total. The van der Waals surface area contributed by atoms with Crippen molar-refractivity contribution in [3.8, 4) is 0 Å². The van der Waals surface area contributed by atoms with Crippen molar-refractivity contribution in [2.75, 3.05) is 40.3 Å². The summed E-state index contributed by atoms with van der Waals surface area (Å²) in [4.78, 5) is 12.7. The molecule has 0 aliphatic carbocycles. The summed E-state index contributed by atoms with van der Waals surface area (Å²) in [7, 11) is 3.49. The van der Waals surface area contributed by atoms with Crippen LogP contribution in [0.1, 0.15) is 12.8 Å². The number of piperidine rings is 1. The van der Waals surface area contributed by atoms with Gasteiger partial charge < -0.3 is 20.9 Å². The summed E-state index contributed by atoms with van der Waals surface area (Å²) >= 11 is 0. The third-order valence-electron chi connectivity index (χ3n) is 2.58. The molecule has 1 heterocycles. The molecule has 0 atom stereocenters. The van der Waals surface area contributed by atoms with Gasteiger partial charge in [0.15, 0.2) is 0 Å². The van der Waals surface area contributed by atoms with Crippen LogP contribution in [0.25, 0.3) is 0 Å². The summed E-state index contributed by atoms with van der Waals surface area (Å²) in [6.45, 7) is 3.74. The van der Waals surface area contributed by atoms with Gasteiger partial charge >= 0.3 is 6.03 Å². The summed E-state index contributed by atoms with van der Waals surface area (Å²) in [6.07, 6.45) is 2.36. The van der Waals surface area contributed by atoms with E-state index < -0.39 is 0 Å². The van der Waals surface area contributed by atoms with E-state index in [0.717, 1.165) is 19.6 Å². The van der Waals surface area contributed by atoms with Gasteiger partial charge in [-0.1, -0.05) is 0 Å². The molecular weight excluding hydrogens is 192 g/mol. The van der Waals surface area contributed by atoms with Crippen LogP contribution in [0.5, 0.6) is 0 Å². The van der Waals surface area contributed by atoms with Gasteiger partial charge in [0.25, 0.3) is 0 Å². The summed E-state index contributed by atoms with van der Waals surface area (Å²) in [6, 6.07) is 0.588. The normalized spacial score (nSPS) is 17.5. The van der Waals surface area contributed by atoms with Gasteiger partial charge in [0.05, 0.1) is 0 Å². The van der Waals surface area contributed by atoms with E-state index in [1.807, 2.05) is 0 Å². The summed E-state index contributed by atoms with van der Waals surface area (Å²) < 4.78 is 0. The van der Waals surface area contributed by atoms with Crippen molar-refractivity contribution in [2.45, 2.75) is 18.9 Å². The van der Waals surface area contributed by atoms with Crippen molar-refractivity contribution in [1.82, 2.24) is 20.9 Å². The van der Waals surface area contributed by atoms with E-state index in [2.05, 4.69) is 16.0 Å². The molecule has 1 aliphatic rings. The van der Waals surface area contributed by atoms with Crippen LogP contribution in [-0.4, -0.2) is 57.2 Å². The van der Waals surface area contributed by atoms with Gasteiger partial charge in [-0.15, -0.1) is 0 Å². The largest absolute Gasteiger partial charge is 0.337 e. The molecule has 15 heavy (non-hydrogen) atoms. The SMILES string of the molecule is CN(C)C(=O)NCCNC1CCNCC1. The number of nitrogens with one attached hydrogen (secondary N) is 3. The Bertz CT molecular complexity index is 190. The van der Waals surface area contributed by atoms with E-state index in [1.54, 1.807) is 19.0 Å². The number of amides is 2. The lowest BCUT2D eigenvalue weighted by Crippen LogP contribution is -2.44. The molecule has 0 unspecified atom stereocenters. The van der Waals surface area contributed by atoms with Gasteiger partial charge in [0.2, 0.25) is 0 Å². The maximum Gasteiger partial charge on any atom is 0.316 e. The van der Waals surface area contributed by atoms with Gasteiger partial charge in [-0.3, -0.25) is 0 Å². The molecule has 1 saturated heterocycles. The number of urea groups is 1. The van der Waals surface area contributed by atoms with Gasteiger partial charge in [-0.2, -0.15) is 0 Å². The van der Waals surface area contributed by atoms with Crippen LogP contribution >= 0.6 is 0 Å². The van der Waals surface area contributed by atoms with E-state index >= 15 is 0 Å². The molecule has 1 aliphatic heterocycles. The first-order chi connectivity index (χ1) is 7.20. The molecule has 2 amide bonds. The fourth-order valence-corrected chi connectivity index (χ4v) is 1.63. The van der Waals surface area contributed by atoms with Crippen LogP contribution in [0.3, 0.4) is 0 Å². The Morgan fingerprint density at radius 3 is 2.60 bits per heavy atom. The van der Waals surface area contributed by atoms with Crippen LogP contribution < -0.4 is 16.0 Å². The first-order valence-electron chi connectivity index (χ1n) is 5.59. The Morgan fingerprint density at radius 2 is 2.00 bits per heavy atom. The van der Waals surface area contributed by atoms with E-state index in [4.69, 9.17) is 0 Å². The molecule has 3 N–H and O–H groups in total. The fourth-order valence-electron chi connectivity index (χ4n) is 1.63. The predicted molar refractivity (Wildman–Crippen MR) is 61.0 cm³/mol. The maximum atomic E-state index is 11.2. The Hall–Kier alpha value is -0.810. The lowest BCUT2D eigenvalue weighted by Gasteiger charge is -2.24. The molecule has 1 rings (SSSR count). The van der Waals surface area contributed by atoms with E-state index in [9.17, 15) is 4.79 Å². The first-order valence-corrected chi connectivity index (χ1v) is 5.59. The van der Waals surface area contributed by atoms with Crippen LogP contribution in [0.15, 0.2) is 0 Å². The molecular formula is C10H22N4O. The molecule has 1 fully saturated rings. The minimum absolute atomic E-state index is 0.0258. The molecule has 0 aromatic heterocycles. The number of hydrogen-bond acceptors (Lipinski definition) is 3. The van der Waals surface area contributed by atoms with Gasteiger partial charge in [-0.25, -0.2) is 4.79 Å². The summed E-state index contributed by atoms with van der Waals surface area (Å²) in [5, 5.41) is 9.60. The van der Waals surface area contributed by atoms with Gasteiger partial charge in [0, 0.05) is 33.2 Å². The molecule has 5 heteroatoms. The molecule has 88 valence electrons. The average Bonchev–Trinajstić information content (AvgIpc) is 2.25. The lowest BCUT2D eigenvalue weighted by molar-refractivity contribution is 0.217. The van der Waals surface area contributed by atoms with Crippen molar-refractivity contribution < 1.29 is 4.79 Å². The summed E-state index contributed by atoms with van der Waals surface area (Å²) in [5.41, 5.74) is 0. The van der Waals surface area contributed by atoms with E-state index in [1.165, 1.54) is 12.8 Å². The maximum absolute atomic E-state index is 11.2. The average molecular weight is 214 g/mol. The molecule has 0 radical (unpaired) electrons. The van der Waals surface area contributed by atoms with Crippen LogP contribution in [0.4, 0.5) is 4.79 Å². The standard InChI is InChI=1S/C10H22N4O/c1-14(2)10(15)13-8-7-12-9-3-5-11-6-4-9/h9,11-12H,3-8H2,1-2H3,(H,13,15). The van der Waals surface area contributed by atoms with Gasteiger partial charge in [0.1, 0.15) is 0 Å². The number of hydrogen-bond donors (Lipinski definition) is 3. The fraction of sp³-hybridized carbons (Fsp3) is 0.900. The monoisotopic (exact) mass is 214 g/mol. The highest BCUT2D eigenvalue weighted by Crippen LogP contribution is 2.00. The van der Waals surface area contributed by atoms with Crippen molar-refractivity contribution in [2.24, 2.45) is 0 Å². The Balaban J connectivity index is 1.98. The number of carbonyl (C=O) groups excluding carboxylic acids is 1. The number of rotatable bonds is 4. The van der Waals surface area contributed by atoms with Crippen LogP contribution in [0, 0.1) is 0 Å². The zero-order valence-electron chi connectivity index (χ0n) is 9.68. The lowest BCUT2D eigenvalue weighted by atomic mass is 10.1. The quantitative estimate of drug-likeness (QED) is 0.558. The first kappa shape index (κ1) is 12.3. The highest BCUT2D eigenvalue weighted by Gasteiger charge is 2.11. The van der Waals surface area contributed by atoms with Gasteiger partial charge in [-0.05, 0) is 25.9 Å².